The third-order valence-corrected chi connectivity index (χ3v) is 3.31. The average Bonchev–Trinajstić information content (AvgIpc) is 2.84. The van der Waals surface area contributed by atoms with Crippen molar-refractivity contribution in [2.45, 2.75) is 26.8 Å². The zero-order valence-corrected chi connectivity index (χ0v) is 10.3. The average molecular weight is 238 g/mol. The molecule has 0 aliphatic rings. The maximum atomic E-state index is 5.95. The zero-order valence-electron chi connectivity index (χ0n) is 9.47. The number of nitrogens with zero attached hydrogens (tertiary/aromatic N) is 3. The Morgan fingerprint density at radius 1 is 1.44 bits per heavy atom. The van der Waals surface area contributed by atoms with Crippen LogP contribution in [0, 0.1) is 12.8 Å². The van der Waals surface area contributed by atoms with Gasteiger partial charge in [-0.25, -0.2) is 4.98 Å². The summed E-state index contributed by atoms with van der Waals surface area (Å²) in [5, 5.41) is 3.90. The summed E-state index contributed by atoms with van der Waals surface area (Å²) in [4.78, 5) is 9.36. The van der Waals surface area contributed by atoms with Gasteiger partial charge in [0.15, 0.2) is 5.82 Å². The second kappa shape index (κ2) is 4.31. The summed E-state index contributed by atoms with van der Waals surface area (Å²) in [6.45, 7) is 5.97. The zero-order chi connectivity index (χ0) is 11.7. The lowest BCUT2D eigenvalue weighted by atomic mass is 10.1. The SMILES string of the molecule is Cc1ncsc1-c1nc(C(N)C(C)C)no1. The number of hydrogen-bond donors (Lipinski definition) is 1. The van der Waals surface area contributed by atoms with Gasteiger partial charge in [0.1, 0.15) is 4.88 Å². The molecule has 2 rings (SSSR count). The van der Waals surface area contributed by atoms with Gasteiger partial charge < -0.3 is 10.3 Å². The van der Waals surface area contributed by atoms with Crippen LogP contribution in [-0.2, 0) is 0 Å². The van der Waals surface area contributed by atoms with Crippen LogP contribution in [0.25, 0.3) is 10.8 Å². The standard InChI is InChI=1S/C10H14N4OS/c1-5(2)7(11)9-13-10(15-14-9)8-6(3)12-4-16-8/h4-5,7H,11H2,1-3H3. The summed E-state index contributed by atoms with van der Waals surface area (Å²) in [5.41, 5.74) is 8.61. The van der Waals surface area contributed by atoms with Gasteiger partial charge in [-0.3, -0.25) is 0 Å². The molecule has 2 N–H and O–H groups in total. The van der Waals surface area contributed by atoms with E-state index in [2.05, 4.69) is 15.1 Å². The van der Waals surface area contributed by atoms with Crippen molar-refractivity contribution in [3.63, 3.8) is 0 Å². The topological polar surface area (TPSA) is 77.8 Å². The van der Waals surface area contributed by atoms with E-state index in [1.807, 2.05) is 20.8 Å². The minimum Gasteiger partial charge on any atom is -0.333 e. The third kappa shape index (κ3) is 1.98. The molecule has 1 atom stereocenters. The molecule has 0 radical (unpaired) electrons. The smallest absolute Gasteiger partial charge is 0.269 e. The Hall–Kier alpha value is -1.27. The summed E-state index contributed by atoms with van der Waals surface area (Å²) in [5.74, 6) is 1.34. The Morgan fingerprint density at radius 2 is 2.19 bits per heavy atom. The molecule has 0 saturated carbocycles. The highest BCUT2D eigenvalue weighted by Gasteiger charge is 2.19. The van der Waals surface area contributed by atoms with Crippen LogP contribution in [0.3, 0.4) is 0 Å². The summed E-state index contributed by atoms with van der Waals surface area (Å²) in [6, 6.07) is -0.189. The highest BCUT2D eigenvalue weighted by Crippen LogP contribution is 2.27. The highest BCUT2D eigenvalue weighted by atomic mass is 32.1. The van der Waals surface area contributed by atoms with Crippen molar-refractivity contribution >= 4 is 11.3 Å². The van der Waals surface area contributed by atoms with Crippen LogP contribution in [-0.4, -0.2) is 15.1 Å². The van der Waals surface area contributed by atoms with Gasteiger partial charge in [0.05, 0.1) is 17.2 Å². The van der Waals surface area contributed by atoms with Gasteiger partial charge in [-0.1, -0.05) is 19.0 Å². The second-order valence-corrected chi connectivity index (χ2v) is 4.85. The Kier molecular flexibility index (Phi) is 3.02. The van der Waals surface area contributed by atoms with E-state index in [1.54, 1.807) is 5.51 Å². The molecule has 1 unspecified atom stereocenters. The molecule has 0 amide bonds. The largest absolute Gasteiger partial charge is 0.333 e. The Labute approximate surface area is 97.7 Å². The summed E-state index contributed by atoms with van der Waals surface area (Å²) in [6.07, 6.45) is 0. The first-order valence-electron chi connectivity index (χ1n) is 5.09. The van der Waals surface area contributed by atoms with Gasteiger partial charge in [-0.05, 0) is 12.8 Å². The minimum absolute atomic E-state index is 0.189. The van der Waals surface area contributed by atoms with Crippen molar-refractivity contribution in [1.82, 2.24) is 15.1 Å². The van der Waals surface area contributed by atoms with Crippen molar-refractivity contribution in [2.75, 3.05) is 0 Å². The van der Waals surface area contributed by atoms with Crippen LogP contribution >= 0.6 is 11.3 Å². The molecule has 2 heterocycles. The molecular weight excluding hydrogens is 224 g/mol. The highest BCUT2D eigenvalue weighted by molar-refractivity contribution is 7.13. The van der Waals surface area contributed by atoms with Crippen molar-refractivity contribution in [1.29, 1.82) is 0 Å². The minimum atomic E-state index is -0.189. The molecule has 16 heavy (non-hydrogen) atoms. The summed E-state index contributed by atoms with van der Waals surface area (Å²) < 4.78 is 5.19. The van der Waals surface area contributed by atoms with Gasteiger partial charge in [0, 0.05) is 0 Å². The fraction of sp³-hybridized carbons (Fsp3) is 0.500. The van der Waals surface area contributed by atoms with Crippen LogP contribution in [0.4, 0.5) is 0 Å². The fourth-order valence-electron chi connectivity index (χ4n) is 1.27. The first-order chi connectivity index (χ1) is 7.59. The van der Waals surface area contributed by atoms with Crippen molar-refractivity contribution in [3.05, 3.63) is 17.0 Å². The lowest BCUT2D eigenvalue weighted by molar-refractivity contribution is 0.400. The first-order valence-corrected chi connectivity index (χ1v) is 5.97. The predicted octanol–water partition coefficient (Wildman–Crippen LogP) is 2.16. The molecule has 5 nitrogen and oxygen atoms in total. The predicted molar refractivity (Wildman–Crippen MR) is 61.9 cm³/mol. The van der Waals surface area contributed by atoms with E-state index in [0.29, 0.717) is 11.7 Å². The lowest BCUT2D eigenvalue weighted by Crippen LogP contribution is -2.18. The normalized spacial score (nSPS) is 13.3. The number of aryl methyl sites for hydroxylation is 1. The molecule has 0 spiro atoms. The van der Waals surface area contributed by atoms with Crippen LogP contribution in [0.15, 0.2) is 10.0 Å². The number of rotatable bonds is 3. The Bertz CT molecular complexity index is 477. The molecule has 0 fully saturated rings. The second-order valence-electron chi connectivity index (χ2n) is 3.99. The summed E-state index contributed by atoms with van der Waals surface area (Å²) in [7, 11) is 0. The maximum Gasteiger partial charge on any atom is 0.269 e. The van der Waals surface area contributed by atoms with E-state index >= 15 is 0 Å². The maximum absolute atomic E-state index is 5.95. The van der Waals surface area contributed by atoms with E-state index in [9.17, 15) is 0 Å². The van der Waals surface area contributed by atoms with Crippen molar-refractivity contribution < 1.29 is 4.52 Å². The van der Waals surface area contributed by atoms with Crippen molar-refractivity contribution in [2.24, 2.45) is 11.7 Å². The van der Waals surface area contributed by atoms with Gasteiger partial charge in [-0.2, -0.15) is 4.98 Å². The first kappa shape index (κ1) is 11.2. The third-order valence-electron chi connectivity index (χ3n) is 2.40. The quantitative estimate of drug-likeness (QED) is 0.886. The van der Waals surface area contributed by atoms with E-state index < -0.39 is 0 Å². The van der Waals surface area contributed by atoms with Crippen LogP contribution in [0.5, 0.6) is 0 Å². The number of hydrogen-bond acceptors (Lipinski definition) is 6. The Morgan fingerprint density at radius 3 is 2.75 bits per heavy atom. The lowest BCUT2D eigenvalue weighted by Gasteiger charge is -2.09. The Balaban J connectivity index is 2.30. The molecule has 0 aliphatic carbocycles. The van der Waals surface area contributed by atoms with Gasteiger partial charge in [-0.15, -0.1) is 11.3 Å². The van der Waals surface area contributed by atoms with Gasteiger partial charge >= 0.3 is 0 Å². The molecular formula is C10H14N4OS. The van der Waals surface area contributed by atoms with E-state index in [-0.39, 0.29) is 12.0 Å². The summed E-state index contributed by atoms with van der Waals surface area (Å²) >= 11 is 1.49. The monoisotopic (exact) mass is 238 g/mol. The molecule has 0 aliphatic heterocycles. The van der Waals surface area contributed by atoms with Crippen LogP contribution in [0.2, 0.25) is 0 Å². The number of nitrogens with two attached hydrogens (primary N) is 1. The van der Waals surface area contributed by atoms with E-state index in [4.69, 9.17) is 10.3 Å². The molecule has 0 aromatic carbocycles. The fourth-order valence-corrected chi connectivity index (χ4v) is 1.99. The molecule has 6 heteroatoms. The van der Waals surface area contributed by atoms with Crippen LogP contribution < -0.4 is 5.73 Å². The number of aromatic nitrogens is 3. The van der Waals surface area contributed by atoms with Gasteiger partial charge in [0.2, 0.25) is 0 Å². The molecule has 86 valence electrons. The van der Waals surface area contributed by atoms with Gasteiger partial charge in [0.25, 0.3) is 5.89 Å². The van der Waals surface area contributed by atoms with E-state index in [1.165, 1.54) is 11.3 Å². The molecule has 0 bridgehead atoms. The van der Waals surface area contributed by atoms with E-state index in [0.717, 1.165) is 10.6 Å². The molecule has 0 saturated heterocycles. The van der Waals surface area contributed by atoms with Crippen molar-refractivity contribution in [3.8, 4) is 10.8 Å². The molecule has 2 aromatic rings. The molecule has 2 aromatic heterocycles. The number of thiazole rings is 1. The van der Waals surface area contributed by atoms with Crippen LogP contribution in [0.1, 0.15) is 31.4 Å².